The van der Waals surface area contributed by atoms with Crippen LogP contribution < -0.4 is 5.32 Å². The molecule has 0 radical (unpaired) electrons. The quantitative estimate of drug-likeness (QED) is 0.584. The molecule has 0 saturated carbocycles. The average Bonchev–Trinajstić information content (AvgIpc) is 2.38. The van der Waals surface area contributed by atoms with E-state index < -0.39 is 10.9 Å². The first kappa shape index (κ1) is 16.0. The third-order valence-electron chi connectivity index (χ3n) is 2.42. The molecule has 1 unspecified atom stereocenters. The molecule has 1 aromatic carbocycles. The van der Waals surface area contributed by atoms with Gasteiger partial charge in [-0.05, 0) is 12.5 Å². The molecule has 1 rings (SSSR count). The Morgan fingerprint density at radius 3 is 2.75 bits per heavy atom. The van der Waals surface area contributed by atoms with Crippen LogP contribution in [0.15, 0.2) is 24.3 Å². The molecule has 0 saturated heterocycles. The summed E-state index contributed by atoms with van der Waals surface area (Å²) in [5, 5.41) is 21.8. The molecule has 0 heterocycles. The summed E-state index contributed by atoms with van der Waals surface area (Å²) in [4.78, 5) is 32.0. The number of nitro groups is 1. The van der Waals surface area contributed by atoms with Crippen LogP contribution in [-0.2, 0) is 9.59 Å². The van der Waals surface area contributed by atoms with Gasteiger partial charge in [-0.3, -0.25) is 19.7 Å². The van der Waals surface area contributed by atoms with Crippen molar-refractivity contribution in [3.05, 3.63) is 39.9 Å². The minimum atomic E-state index is -0.977. The number of nitro benzene ring substituents is 1. The van der Waals surface area contributed by atoms with Crippen molar-refractivity contribution >= 4 is 29.3 Å². The summed E-state index contributed by atoms with van der Waals surface area (Å²) in [6.07, 6.45) is 0. The van der Waals surface area contributed by atoms with Gasteiger partial charge in [0, 0.05) is 12.1 Å². The first-order valence-corrected chi connectivity index (χ1v) is 6.89. The van der Waals surface area contributed by atoms with Gasteiger partial charge in [0.2, 0.25) is 5.91 Å². The fourth-order valence-corrected chi connectivity index (χ4v) is 2.05. The molecule has 20 heavy (non-hydrogen) atoms. The normalized spacial score (nSPS) is 11.7. The number of nitrogens with zero attached hydrogens (tertiary/aromatic N) is 1. The van der Waals surface area contributed by atoms with E-state index >= 15 is 0 Å². The van der Waals surface area contributed by atoms with E-state index in [0.29, 0.717) is 5.56 Å². The number of carboxylic acids is 1. The molecule has 0 aromatic heterocycles. The van der Waals surface area contributed by atoms with Gasteiger partial charge in [-0.1, -0.05) is 12.1 Å². The van der Waals surface area contributed by atoms with E-state index in [2.05, 4.69) is 5.32 Å². The first-order valence-electron chi connectivity index (χ1n) is 5.73. The van der Waals surface area contributed by atoms with Crippen LogP contribution in [0.4, 0.5) is 5.69 Å². The molecule has 108 valence electrons. The first-order chi connectivity index (χ1) is 9.40. The van der Waals surface area contributed by atoms with Crippen molar-refractivity contribution in [3.63, 3.8) is 0 Å². The number of hydrogen-bond donors (Lipinski definition) is 2. The van der Waals surface area contributed by atoms with E-state index in [1.54, 1.807) is 19.1 Å². The minimum absolute atomic E-state index is 0.0333. The van der Waals surface area contributed by atoms with E-state index in [-0.39, 0.29) is 29.1 Å². The predicted octanol–water partition coefficient (Wildman–Crippen LogP) is 1.59. The molecule has 0 fully saturated rings. The molecular formula is C12H14N2O5S. The van der Waals surface area contributed by atoms with Gasteiger partial charge < -0.3 is 10.4 Å². The lowest BCUT2D eigenvalue weighted by molar-refractivity contribution is -0.384. The molecule has 7 nitrogen and oxygen atoms in total. The molecule has 0 aliphatic carbocycles. The molecule has 8 heteroatoms. The van der Waals surface area contributed by atoms with E-state index in [1.807, 2.05) is 0 Å². The maximum atomic E-state index is 11.6. The summed E-state index contributed by atoms with van der Waals surface area (Å²) < 4.78 is 0. The number of non-ortho nitro benzene ring substituents is 1. The molecule has 2 N–H and O–H groups in total. The molecule has 0 aliphatic heterocycles. The lowest BCUT2D eigenvalue weighted by Gasteiger charge is -2.13. The largest absolute Gasteiger partial charge is 0.481 e. The van der Waals surface area contributed by atoms with Crippen LogP contribution in [0.25, 0.3) is 0 Å². The number of carbonyl (C=O) groups is 2. The average molecular weight is 298 g/mol. The Morgan fingerprint density at radius 1 is 1.45 bits per heavy atom. The van der Waals surface area contributed by atoms with E-state index in [4.69, 9.17) is 5.11 Å². The second-order valence-corrected chi connectivity index (χ2v) is 5.01. The minimum Gasteiger partial charge on any atom is -0.481 e. The van der Waals surface area contributed by atoms with Gasteiger partial charge in [-0.15, -0.1) is 11.8 Å². The number of nitrogens with one attached hydrogen (secondary N) is 1. The number of carboxylic acid groups (broad SMARTS) is 1. The highest BCUT2D eigenvalue weighted by Gasteiger charge is 2.13. The summed E-state index contributed by atoms with van der Waals surface area (Å²) in [5.74, 6) is -1.39. The zero-order valence-corrected chi connectivity index (χ0v) is 11.6. The van der Waals surface area contributed by atoms with Crippen molar-refractivity contribution in [2.45, 2.75) is 13.0 Å². The molecular weight excluding hydrogens is 284 g/mol. The topological polar surface area (TPSA) is 110 Å². The van der Waals surface area contributed by atoms with Crippen LogP contribution in [-0.4, -0.2) is 33.4 Å². The Kier molecular flexibility index (Phi) is 5.98. The summed E-state index contributed by atoms with van der Waals surface area (Å²) in [6, 6.07) is 5.63. The Hall–Kier alpha value is -2.09. The van der Waals surface area contributed by atoms with Crippen LogP contribution >= 0.6 is 11.8 Å². The molecule has 1 atom stereocenters. The van der Waals surface area contributed by atoms with Gasteiger partial charge in [0.1, 0.15) is 0 Å². The van der Waals surface area contributed by atoms with E-state index in [1.165, 1.54) is 12.1 Å². The second kappa shape index (κ2) is 7.49. The third-order valence-corrected chi connectivity index (χ3v) is 3.33. The summed E-state index contributed by atoms with van der Waals surface area (Å²) >= 11 is 0.995. The smallest absolute Gasteiger partial charge is 0.313 e. The molecule has 0 spiro atoms. The molecule has 0 aliphatic rings. The molecule has 0 bridgehead atoms. The van der Waals surface area contributed by atoms with Crippen molar-refractivity contribution in [2.24, 2.45) is 0 Å². The Bertz CT molecular complexity index is 520. The fourth-order valence-electron chi connectivity index (χ4n) is 1.51. The molecule has 1 aromatic rings. The van der Waals surface area contributed by atoms with E-state index in [9.17, 15) is 19.7 Å². The lowest BCUT2D eigenvalue weighted by Crippen LogP contribution is -2.28. The van der Waals surface area contributed by atoms with Crippen molar-refractivity contribution in [3.8, 4) is 0 Å². The van der Waals surface area contributed by atoms with Crippen LogP contribution in [0.3, 0.4) is 0 Å². The number of aliphatic carboxylic acids is 1. The predicted molar refractivity (Wildman–Crippen MR) is 74.6 cm³/mol. The van der Waals surface area contributed by atoms with Crippen molar-refractivity contribution < 1.29 is 19.6 Å². The van der Waals surface area contributed by atoms with Gasteiger partial charge >= 0.3 is 5.97 Å². The maximum absolute atomic E-state index is 11.6. The summed E-state index contributed by atoms with van der Waals surface area (Å²) in [6.45, 7) is 1.71. The Labute approximate surface area is 119 Å². The number of thioether (sulfide) groups is 1. The van der Waals surface area contributed by atoms with Crippen LogP contribution in [0, 0.1) is 10.1 Å². The van der Waals surface area contributed by atoms with Crippen molar-refractivity contribution in [1.82, 2.24) is 5.32 Å². The van der Waals surface area contributed by atoms with Crippen LogP contribution in [0.5, 0.6) is 0 Å². The van der Waals surface area contributed by atoms with Crippen molar-refractivity contribution in [1.29, 1.82) is 0 Å². The zero-order chi connectivity index (χ0) is 15.1. The van der Waals surface area contributed by atoms with Gasteiger partial charge in [-0.2, -0.15) is 0 Å². The van der Waals surface area contributed by atoms with Gasteiger partial charge in [0.15, 0.2) is 0 Å². The third kappa shape index (κ3) is 5.27. The number of amides is 1. The van der Waals surface area contributed by atoms with Crippen LogP contribution in [0.1, 0.15) is 18.5 Å². The number of benzene rings is 1. The van der Waals surface area contributed by atoms with Crippen LogP contribution in [0.2, 0.25) is 0 Å². The van der Waals surface area contributed by atoms with Gasteiger partial charge in [0.25, 0.3) is 5.69 Å². The number of carbonyl (C=O) groups excluding carboxylic acids is 1. The van der Waals surface area contributed by atoms with Crippen molar-refractivity contribution in [2.75, 3.05) is 11.5 Å². The highest BCUT2D eigenvalue weighted by atomic mass is 32.2. The number of rotatable bonds is 7. The zero-order valence-electron chi connectivity index (χ0n) is 10.7. The fraction of sp³-hybridized carbons (Fsp3) is 0.333. The Balaban J connectivity index is 2.55. The SMILES string of the molecule is CC(NC(=O)CSCC(=O)O)c1cccc([N+](=O)[O-])c1. The number of hydrogen-bond acceptors (Lipinski definition) is 5. The van der Waals surface area contributed by atoms with E-state index in [0.717, 1.165) is 11.8 Å². The van der Waals surface area contributed by atoms with Gasteiger partial charge in [-0.25, -0.2) is 0 Å². The highest BCUT2D eigenvalue weighted by Crippen LogP contribution is 2.19. The summed E-state index contributed by atoms with van der Waals surface area (Å²) in [5.41, 5.74) is 0.583. The highest BCUT2D eigenvalue weighted by molar-refractivity contribution is 8.00. The van der Waals surface area contributed by atoms with Gasteiger partial charge in [0.05, 0.1) is 22.5 Å². The Morgan fingerprint density at radius 2 is 2.15 bits per heavy atom. The standard InChI is InChI=1S/C12H14N2O5S/c1-8(13-11(15)6-20-7-12(16)17)9-3-2-4-10(5-9)14(18)19/h2-5,8H,6-7H2,1H3,(H,13,15)(H,16,17). The monoisotopic (exact) mass is 298 g/mol. The molecule has 1 amide bonds. The lowest BCUT2D eigenvalue weighted by atomic mass is 10.1. The second-order valence-electron chi connectivity index (χ2n) is 4.03. The summed E-state index contributed by atoms with van der Waals surface area (Å²) in [7, 11) is 0. The maximum Gasteiger partial charge on any atom is 0.313 e.